The second-order valence-electron chi connectivity index (χ2n) is 8.14. The minimum absolute atomic E-state index is 0.0591. The Hall–Kier alpha value is -3.85. The predicted molar refractivity (Wildman–Crippen MR) is 139 cm³/mol. The molecule has 190 valence electrons. The number of ether oxygens (including phenoxy) is 1. The van der Waals surface area contributed by atoms with E-state index >= 15 is 0 Å². The minimum Gasteiger partial charge on any atom is -0.497 e. The van der Waals surface area contributed by atoms with Crippen molar-refractivity contribution < 1.29 is 22.7 Å². The van der Waals surface area contributed by atoms with E-state index in [1.54, 1.807) is 49.4 Å². The van der Waals surface area contributed by atoms with Crippen LogP contribution in [0.4, 0.5) is 5.69 Å². The maximum absolute atomic E-state index is 13.6. The molecule has 36 heavy (non-hydrogen) atoms. The summed E-state index contributed by atoms with van der Waals surface area (Å²) in [6.45, 7) is 1.41. The number of anilines is 1. The molecule has 3 aromatic rings. The Bertz CT molecular complexity index is 1250. The van der Waals surface area contributed by atoms with E-state index in [9.17, 15) is 18.0 Å². The first-order chi connectivity index (χ1) is 17.3. The Kier molecular flexibility index (Phi) is 9.08. The Morgan fingerprint density at radius 3 is 2.06 bits per heavy atom. The van der Waals surface area contributed by atoms with E-state index in [0.717, 1.165) is 9.87 Å². The van der Waals surface area contributed by atoms with Crippen molar-refractivity contribution in [2.45, 2.75) is 24.3 Å². The number of rotatable bonds is 11. The van der Waals surface area contributed by atoms with E-state index in [4.69, 9.17) is 4.74 Å². The van der Waals surface area contributed by atoms with Crippen molar-refractivity contribution in [2.24, 2.45) is 0 Å². The maximum atomic E-state index is 13.6. The lowest BCUT2D eigenvalue weighted by molar-refractivity contribution is -0.138. The standard InChI is InChI=1S/C27H31N3O5S/c1-21(27(32)28-2)29(19-18-22-10-6-4-7-11-22)26(31)20-30(23-14-16-24(35-3)17-15-23)36(33,34)25-12-8-5-9-13-25/h4-17,21H,18-20H2,1-3H3,(H,28,32). The van der Waals surface area contributed by atoms with Crippen LogP contribution in [0, 0.1) is 0 Å². The van der Waals surface area contributed by atoms with Gasteiger partial charge in [0.25, 0.3) is 10.0 Å². The molecule has 0 aromatic heterocycles. The van der Waals surface area contributed by atoms with Gasteiger partial charge in [0.2, 0.25) is 11.8 Å². The van der Waals surface area contributed by atoms with Gasteiger partial charge in [-0.15, -0.1) is 0 Å². The third kappa shape index (κ3) is 6.42. The van der Waals surface area contributed by atoms with Gasteiger partial charge in [0, 0.05) is 13.6 Å². The highest BCUT2D eigenvalue weighted by atomic mass is 32.2. The summed E-state index contributed by atoms with van der Waals surface area (Å²) in [6.07, 6.45) is 0.516. The molecule has 1 N–H and O–H groups in total. The second kappa shape index (κ2) is 12.2. The molecule has 8 nitrogen and oxygen atoms in total. The predicted octanol–water partition coefficient (Wildman–Crippen LogP) is 3.10. The largest absolute Gasteiger partial charge is 0.497 e. The summed E-state index contributed by atoms with van der Waals surface area (Å²) >= 11 is 0. The van der Waals surface area contributed by atoms with Crippen molar-refractivity contribution in [2.75, 3.05) is 31.6 Å². The summed E-state index contributed by atoms with van der Waals surface area (Å²) in [7, 11) is -1.06. The zero-order chi connectivity index (χ0) is 26.1. The number of benzene rings is 3. The fraction of sp³-hybridized carbons (Fsp3) is 0.259. The molecule has 0 bridgehead atoms. The van der Waals surface area contributed by atoms with Gasteiger partial charge in [0.1, 0.15) is 18.3 Å². The van der Waals surface area contributed by atoms with E-state index in [1.165, 1.54) is 31.2 Å². The van der Waals surface area contributed by atoms with Crippen LogP contribution in [0.15, 0.2) is 89.8 Å². The smallest absolute Gasteiger partial charge is 0.264 e. The fourth-order valence-electron chi connectivity index (χ4n) is 3.78. The number of amides is 2. The van der Waals surface area contributed by atoms with Crippen LogP contribution >= 0.6 is 0 Å². The number of sulfonamides is 1. The molecule has 1 atom stereocenters. The van der Waals surface area contributed by atoms with Crippen molar-refractivity contribution in [3.63, 3.8) is 0 Å². The molecule has 0 spiro atoms. The zero-order valence-electron chi connectivity index (χ0n) is 20.6. The highest BCUT2D eigenvalue weighted by molar-refractivity contribution is 7.92. The number of nitrogens with one attached hydrogen (secondary N) is 1. The van der Waals surface area contributed by atoms with Gasteiger partial charge < -0.3 is 15.0 Å². The number of nitrogens with zero attached hydrogens (tertiary/aromatic N) is 2. The van der Waals surface area contributed by atoms with Gasteiger partial charge in [0.15, 0.2) is 0 Å². The first-order valence-electron chi connectivity index (χ1n) is 11.5. The van der Waals surface area contributed by atoms with E-state index in [-0.39, 0.29) is 17.3 Å². The topological polar surface area (TPSA) is 96.0 Å². The van der Waals surface area contributed by atoms with E-state index in [0.29, 0.717) is 17.9 Å². The summed E-state index contributed by atoms with van der Waals surface area (Å²) in [5, 5.41) is 2.57. The van der Waals surface area contributed by atoms with Crippen molar-refractivity contribution in [3.8, 4) is 5.75 Å². The number of likely N-dealkylation sites (N-methyl/N-ethyl adjacent to an activating group) is 1. The first-order valence-corrected chi connectivity index (χ1v) is 13.0. The fourth-order valence-corrected chi connectivity index (χ4v) is 5.21. The molecule has 0 radical (unpaired) electrons. The lowest BCUT2D eigenvalue weighted by Gasteiger charge is -2.31. The monoisotopic (exact) mass is 509 g/mol. The van der Waals surface area contributed by atoms with Gasteiger partial charge in [-0.25, -0.2) is 8.42 Å². The molecule has 0 saturated heterocycles. The number of carbonyl (C=O) groups is 2. The number of carbonyl (C=O) groups excluding carboxylic acids is 2. The lowest BCUT2D eigenvalue weighted by atomic mass is 10.1. The van der Waals surface area contributed by atoms with Gasteiger partial charge >= 0.3 is 0 Å². The number of hydrogen-bond donors (Lipinski definition) is 1. The Morgan fingerprint density at radius 1 is 0.917 bits per heavy atom. The Morgan fingerprint density at radius 2 is 1.50 bits per heavy atom. The first kappa shape index (κ1) is 26.7. The quantitative estimate of drug-likeness (QED) is 0.429. The Labute approximate surface area is 212 Å². The van der Waals surface area contributed by atoms with E-state index in [2.05, 4.69) is 5.32 Å². The van der Waals surface area contributed by atoms with Crippen molar-refractivity contribution in [1.29, 1.82) is 0 Å². The van der Waals surface area contributed by atoms with Crippen molar-refractivity contribution in [3.05, 3.63) is 90.5 Å². The van der Waals surface area contributed by atoms with Crippen LogP contribution in [0.25, 0.3) is 0 Å². The average Bonchev–Trinajstić information content (AvgIpc) is 2.92. The molecule has 0 aliphatic heterocycles. The van der Waals surface area contributed by atoms with E-state index < -0.39 is 28.5 Å². The van der Waals surface area contributed by atoms with Gasteiger partial charge in [-0.2, -0.15) is 0 Å². The molecule has 0 aliphatic carbocycles. The van der Waals surface area contributed by atoms with Crippen LogP contribution in [0.3, 0.4) is 0 Å². The van der Waals surface area contributed by atoms with Gasteiger partial charge in [-0.05, 0) is 55.3 Å². The van der Waals surface area contributed by atoms with Gasteiger partial charge in [0.05, 0.1) is 17.7 Å². The third-order valence-corrected chi connectivity index (χ3v) is 7.66. The minimum atomic E-state index is -4.08. The highest BCUT2D eigenvalue weighted by Gasteiger charge is 2.32. The SMILES string of the molecule is CNC(=O)C(C)N(CCc1ccccc1)C(=O)CN(c1ccc(OC)cc1)S(=O)(=O)c1ccccc1. The van der Waals surface area contributed by atoms with Crippen LogP contribution in [-0.2, 0) is 26.0 Å². The van der Waals surface area contributed by atoms with Crippen LogP contribution in [0.1, 0.15) is 12.5 Å². The molecule has 0 aliphatic rings. The maximum Gasteiger partial charge on any atom is 0.264 e. The molecule has 1 unspecified atom stereocenters. The summed E-state index contributed by atoms with van der Waals surface area (Å²) in [6, 6.07) is 23.2. The second-order valence-corrected chi connectivity index (χ2v) is 10.00. The molecule has 0 heterocycles. The molecule has 9 heteroatoms. The number of hydrogen-bond acceptors (Lipinski definition) is 5. The van der Waals surface area contributed by atoms with Crippen LogP contribution in [0.5, 0.6) is 5.75 Å². The van der Waals surface area contributed by atoms with Crippen molar-refractivity contribution in [1.82, 2.24) is 10.2 Å². The summed E-state index contributed by atoms with van der Waals surface area (Å²) in [5.74, 6) is -0.268. The van der Waals surface area contributed by atoms with Crippen LogP contribution in [0.2, 0.25) is 0 Å². The lowest BCUT2D eigenvalue weighted by Crippen LogP contribution is -2.51. The van der Waals surface area contributed by atoms with Gasteiger partial charge in [-0.1, -0.05) is 48.5 Å². The molecule has 3 rings (SSSR count). The molecule has 2 amide bonds. The highest BCUT2D eigenvalue weighted by Crippen LogP contribution is 2.26. The molecular weight excluding hydrogens is 478 g/mol. The van der Waals surface area contributed by atoms with Crippen molar-refractivity contribution >= 4 is 27.5 Å². The van der Waals surface area contributed by atoms with E-state index in [1.807, 2.05) is 30.3 Å². The molecule has 3 aromatic carbocycles. The Balaban J connectivity index is 1.96. The van der Waals surface area contributed by atoms with Crippen LogP contribution in [-0.4, -0.2) is 58.4 Å². The molecule has 0 fully saturated rings. The normalized spacial score (nSPS) is 11.9. The summed E-state index contributed by atoms with van der Waals surface area (Å²) < 4.78 is 33.5. The number of methoxy groups -OCH3 is 1. The third-order valence-electron chi connectivity index (χ3n) is 5.87. The summed E-state index contributed by atoms with van der Waals surface area (Å²) in [5.41, 5.74) is 1.31. The molecular formula is C27H31N3O5S. The summed E-state index contributed by atoms with van der Waals surface area (Å²) in [4.78, 5) is 27.6. The van der Waals surface area contributed by atoms with Gasteiger partial charge in [-0.3, -0.25) is 13.9 Å². The average molecular weight is 510 g/mol. The van der Waals surface area contributed by atoms with Crippen LogP contribution < -0.4 is 14.4 Å². The molecule has 0 saturated carbocycles. The zero-order valence-corrected chi connectivity index (χ0v) is 21.4.